The molecule has 2 saturated heterocycles. The minimum absolute atomic E-state index is 0.0420. The monoisotopic (exact) mass is 466 g/mol. The van der Waals surface area contributed by atoms with E-state index in [0.717, 1.165) is 32.4 Å². The third-order valence-electron chi connectivity index (χ3n) is 6.47. The number of halogens is 2. The third-order valence-corrected chi connectivity index (χ3v) is 6.47. The van der Waals surface area contributed by atoms with Crippen molar-refractivity contribution in [1.29, 1.82) is 0 Å². The van der Waals surface area contributed by atoms with E-state index in [1.807, 2.05) is 4.90 Å². The molecule has 1 amide bonds. The molecule has 0 aliphatic carbocycles. The van der Waals surface area contributed by atoms with Crippen molar-refractivity contribution >= 4 is 11.7 Å². The van der Waals surface area contributed by atoms with Crippen LogP contribution in [0.3, 0.4) is 0 Å². The highest BCUT2D eigenvalue weighted by molar-refractivity contribution is 6.01. The molecule has 3 unspecified atom stereocenters. The number of nitrogens with one attached hydrogen (secondary N) is 1. The highest BCUT2D eigenvalue weighted by Crippen LogP contribution is 2.41. The Morgan fingerprint density at radius 1 is 1.15 bits per heavy atom. The number of hydrogen-bond donors (Lipinski definition) is 1. The fraction of sp³-hybridized carbons (Fsp3) is 0.375. The molecule has 2 aliphatic rings. The molecule has 0 saturated carbocycles. The number of ether oxygens (including phenoxy) is 1. The quantitative estimate of drug-likeness (QED) is 0.589. The SMILES string of the molecule is COc1ccc(C(=O)N2C3CCC2C(Nc2cnc(C(C)(F)F)cn2)C3)c(-c2ncccn2)c1. The molecule has 176 valence electrons. The van der Waals surface area contributed by atoms with Gasteiger partial charge in [-0.1, -0.05) is 0 Å². The molecule has 2 aliphatic heterocycles. The number of alkyl halides is 2. The van der Waals surface area contributed by atoms with Crippen molar-refractivity contribution in [3.63, 3.8) is 0 Å². The number of methoxy groups -OCH3 is 1. The van der Waals surface area contributed by atoms with E-state index in [1.54, 1.807) is 43.8 Å². The van der Waals surface area contributed by atoms with Crippen LogP contribution in [0, 0.1) is 0 Å². The molecule has 10 heteroatoms. The number of anilines is 1. The van der Waals surface area contributed by atoms with Crippen LogP contribution in [-0.4, -0.2) is 56.0 Å². The van der Waals surface area contributed by atoms with E-state index in [9.17, 15) is 13.6 Å². The molecular formula is C24H24F2N6O2. The maximum Gasteiger partial charge on any atom is 0.288 e. The molecule has 2 bridgehead atoms. The Morgan fingerprint density at radius 3 is 2.62 bits per heavy atom. The summed E-state index contributed by atoms with van der Waals surface area (Å²) < 4.78 is 32.2. The topological polar surface area (TPSA) is 93.1 Å². The van der Waals surface area contributed by atoms with Crippen molar-refractivity contribution < 1.29 is 18.3 Å². The minimum atomic E-state index is -3.04. The smallest absolute Gasteiger partial charge is 0.288 e. The van der Waals surface area contributed by atoms with Crippen LogP contribution in [0.25, 0.3) is 11.4 Å². The molecular weight excluding hydrogens is 442 g/mol. The van der Waals surface area contributed by atoms with E-state index in [2.05, 4.69) is 25.3 Å². The Morgan fingerprint density at radius 2 is 1.94 bits per heavy atom. The molecule has 4 heterocycles. The maximum absolute atomic E-state index is 13.7. The van der Waals surface area contributed by atoms with Crippen LogP contribution in [0.4, 0.5) is 14.6 Å². The number of amides is 1. The van der Waals surface area contributed by atoms with E-state index in [4.69, 9.17) is 4.74 Å². The second-order valence-corrected chi connectivity index (χ2v) is 8.66. The summed E-state index contributed by atoms with van der Waals surface area (Å²) in [4.78, 5) is 32.3. The minimum Gasteiger partial charge on any atom is -0.497 e. The van der Waals surface area contributed by atoms with Gasteiger partial charge >= 0.3 is 0 Å². The fourth-order valence-corrected chi connectivity index (χ4v) is 4.88. The van der Waals surface area contributed by atoms with E-state index in [-0.39, 0.29) is 29.7 Å². The predicted molar refractivity (Wildman–Crippen MR) is 121 cm³/mol. The van der Waals surface area contributed by atoms with Crippen molar-refractivity contribution in [2.24, 2.45) is 0 Å². The molecule has 8 nitrogen and oxygen atoms in total. The normalized spacial score (nSPS) is 21.5. The lowest BCUT2D eigenvalue weighted by Gasteiger charge is -2.26. The van der Waals surface area contributed by atoms with Gasteiger partial charge in [-0.05, 0) is 43.5 Å². The number of nitrogens with zero attached hydrogens (tertiary/aromatic N) is 5. The highest BCUT2D eigenvalue weighted by Gasteiger charge is 2.49. The first-order valence-electron chi connectivity index (χ1n) is 11.1. The summed E-state index contributed by atoms with van der Waals surface area (Å²) in [5.41, 5.74) is 0.750. The zero-order valence-electron chi connectivity index (χ0n) is 18.8. The Balaban J connectivity index is 1.39. The number of fused-ring (bicyclic) bond motifs is 2. The van der Waals surface area contributed by atoms with Crippen molar-refractivity contribution in [2.75, 3.05) is 12.4 Å². The molecule has 0 spiro atoms. The first-order valence-corrected chi connectivity index (χ1v) is 11.1. The zero-order chi connectivity index (χ0) is 23.9. The molecule has 2 aromatic heterocycles. The Hall–Kier alpha value is -3.69. The number of rotatable bonds is 6. The van der Waals surface area contributed by atoms with E-state index in [1.165, 1.54) is 6.20 Å². The number of aromatic nitrogens is 4. The van der Waals surface area contributed by atoms with Crippen molar-refractivity contribution in [1.82, 2.24) is 24.8 Å². The van der Waals surface area contributed by atoms with Crippen molar-refractivity contribution in [3.8, 4) is 17.1 Å². The zero-order valence-corrected chi connectivity index (χ0v) is 18.8. The summed E-state index contributed by atoms with van der Waals surface area (Å²) in [5.74, 6) is -1.65. The average Bonchev–Trinajstić information content (AvgIpc) is 3.41. The summed E-state index contributed by atoms with van der Waals surface area (Å²) >= 11 is 0. The fourth-order valence-electron chi connectivity index (χ4n) is 4.88. The van der Waals surface area contributed by atoms with Gasteiger partial charge in [-0.2, -0.15) is 8.78 Å². The van der Waals surface area contributed by atoms with Gasteiger partial charge in [-0.15, -0.1) is 0 Å². The molecule has 34 heavy (non-hydrogen) atoms. The Labute approximate surface area is 195 Å². The largest absolute Gasteiger partial charge is 0.497 e. The third kappa shape index (κ3) is 4.04. The van der Waals surface area contributed by atoms with Crippen LogP contribution >= 0.6 is 0 Å². The van der Waals surface area contributed by atoms with Gasteiger partial charge in [-0.25, -0.2) is 19.9 Å². The second kappa shape index (κ2) is 8.58. The van der Waals surface area contributed by atoms with Gasteiger partial charge in [0.1, 0.15) is 17.3 Å². The Kier molecular flexibility index (Phi) is 5.59. The van der Waals surface area contributed by atoms with Crippen LogP contribution in [-0.2, 0) is 5.92 Å². The van der Waals surface area contributed by atoms with Crippen LogP contribution in [0.15, 0.2) is 49.1 Å². The lowest BCUT2D eigenvalue weighted by atomic mass is 9.95. The van der Waals surface area contributed by atoms with Gasteiger partial charge in [0, 0.05) is 30.9 Å². The van der Waals surface area contributed by atoms with Crippen molar-refractivity contribution in [3.05, 3.63) is 60.3 Å². The average molecular weight is 466 g/mol. The summed E-state index contributed by atoms with van der Waals surface area (Å²) in [6, 6.07) is 7.00. The standard InChI is InChI=1S/C24H24F2N6O2/c1-24(25,26)20-12-30-21(13-29-20)31-18-10-14-4-7-19(18)32(14)23(33)16-6-5-15(34-2)11-17(16)22-27-8-3-9-28-22/h3,5-6,8-9,11-14,18-19H,4,7,10H2,1-2H3,(H,30,31). The molecule has 2 fully saturated rings. The molecule has 0 radical (unpaired) electrons. The Bertz CT molecular complexity index is 1190. The molecule has 1 N–H and O–H groups in total. The number of carbonyl (C=O) groups excluding carboxylic acids is 1. The van der Waals surface area contributed by atoms with Gasteiger partial charge in [0.15, 0.2) is 5.82 Å². The van der Waals surface area contributed by atoms with Crippen LogP contribution in [0.2, 0.25) is 0 Å². The lowest BCUT2D eigenvalue weighted by molar-refractivity contribution is 0.0124. The highest BCUT2D eigenvalue weighted by atomic mass is 19.3. The molecule has 1 aromatic carbocycles. The summed E-state index contributed by atoms with van der Waals surface area (Å²) in [7, 11) is 1.57. The van der Waals surface area contributed by atoms with Gasteiger partial charge in [0.2, 0.25) is 0 Å². The lowest BCUT2D eigenvalue weighted by Crippen LogP contribution is -2.40. The van der Waals surface area contributed by atoms with Gasteiger partial charge in [0.25, 0.3) is 11.8 Å². The van der Waals surface area contributed by atoms with E-state index < -0.39 is 5.92 Å². The summed E-state index contributed by atoms with van der Waals surface area (Å²) in [6.07, 6.45) is 8.18. The first-order chi connectivity index (χ1) is 16.3. The van der Waals surface area contributed by atoms with Gasteiger partial charge < -0.3 is 15.0 Å². The van der Waals surface area contributed by atoms with Gasteiger partial charge in [0.05, 0.1) is 37.2 Å². The second-order valence-electron chi connectivity index (χ2n) is 8.66. The maximum atomic E-state index is 13.7. The number of carbonyl (C=O) groups is 1. The van der Waals surface area contributed by atoms with Crippen LogP contribution in [0.1, 0.15) is 42.2 Å². The predicted octanol–water partition coefficient (Wildman–Crippen LogP) is 3.91. The summed E-state index contributed by atoms with van der Waals surface area (Å²) in [6.45, 7) is 0.789. The number of hydrogen-bond acceptors (Lipinski definition) is 7. The van der Waals surface area contributed by atoms with E-state index in [0.29, 0.717) is 28.5 Å². The van der Waals surface area contributed by atoms with Crippen LogP contribution < -0.4 is 10.1 Å². The first kappa shape index (κ1) is 22.1. The van der Waals surface area contributed by atoms with Crippen molar-refractivity contribution in [2.45, 2.75) is 50.2 Å². The summed E-state index contributed by atoms with van der Waals surface area (Å²) in [5, 5.41) is 3.29. The molecule has 3 atom stereocenters. The van der Waals surface area contributed by atoms with E-state index >= 15 is 0 Å². The number of benzene rings is 1. The van der Waals surface area contributed by atoms with Crippen LogP contribution in [0.5, 0.6) is 5.75 Å². The molecule has 3 aromatic rings. The molecule has 5 rings (SSSR count). The van der Waals surface area contributed by atoms with Gasteiger partial charge in [-0.3, -0.25) is 4.79 Å².